The third-order valence-electron chi connectivity index (χ3n) is 2.68. The number of nitrogens with zero attached hydrogens (tertiary/aromatic N) is 1. The van der Waals surface area contributed by atoms with Crippen LogP contribution >= 0.6 is 11.6 Å². The number of aromatic amines is 1. The van der Waals surface area contributed by atoms with Gasteiger partial charge in [0.25, 0.3) is 5.91 Å². The molecule has 0 saturated heterocycles. The normalized spacial score (nSPS) is 10.4. The van der Waals surface area contributed by atoms with Gasteiger partial charge in [-0.05, 0) is 30.3 Å². The first-order valence-corrected chi connectivity index (χ1v) is 6.26. The molecule has 0 bridgehead atoms. The summed E-state index contributed by atoms with van der Waals surface area (Å²) in [5, 5.41) is 9.99. The van der Waals surface area contributed by atoms with Crippen LogP contribution in [0.2, 0.25) is 5.02 Å². The fourth-order valence-electron chi connectivity index (χ4n) is 1.76. The summed E-state index contributed by atoms with van der Waals surface area (Å²) in [6.07, 6.45) is 1.56. The summed E-state index contributed by atoms with van der Waals surface area (Å²) in [6, 6.07) is 12.1. The molecule has 0 fully saturated rings. The molecule has 0 unspecified atom stereocenters. The van der Waals surface area contributed by atoms with Gasteiger partial charge in [0.15, 0.2) is 11.5 Å². The molecule has 2 aromatic heterocycles. The van der Waals surface area contributed by atoms with Gasteiger partial charge >= 0.3 is 0 Å². The van der Waals surface area contributed by atoms with Gasteiger partial charge in [-0.15, -0.1) is 0 Å². The minimum absolute atomic E-state index is 0.274. The molecule has 3 aromatic rings. The number of amides is 1. The Kier molecular flexibility index (Phi) is 3.26. The zero-order valence-electron chi connectivity index (χ0n) is 10.3. The maximum absolute atomic E-state index is 12.0. The zero-order valence-corrected chi connectivity index (χ0v) is 11.0. The standard InChI is InChI=1S/C14H10ClN3O2/c15-9-3-1-4-10(7-9)16-14(19)12-8-11(17-18-12)13-5-2-6-20-13/h1-8H,(H,16,19)(H,17,18). The Labute approximate surface area is 119 Å². The lowest BCUT2D eigenvalue weighted by Gasteiger charge is -2.02. The van der Waals surface area contributed by atoms with Crippen LogP contribution in [0.3, 0.4) is 0 Å². The van der Waals surface area contributed by atoms with E-state index in [9.17, 15) is 4.79 Å². The Bertz CT molecular complexity index is 734. The van der Waals surface area contributed by atoms with E-state index in [1.54, 1.807) is 48.7 Å². The van der Waals surface area contributed by atoms with Gasteiger partial charge in [-0.25, -0.2) is 0 Å². The second-order valence-electron chi connectivity index (χ2n) is 4.11. The lowest BCUT2D eigenvalue weighted by Crippen LogP contribution is -2.12. The van der Waals surface area contributed by atoms with Gasteiger partial charge in [-0.3, -0.25) is 9.89 Å². The predicted molar refractivity (Wildman–Crippen MR) is 75.7 cm³/mol. The highest BCUT2D eigenvalue weighted by Gasteiger charge is 2.12. The van der Waals surface area contributed by atoms with Crippen LogP contribution in [0.15, 0.2) is 53.1 Å². The summed E-state index contributed by atoms with van der Waals surface area (Å²) in [5.74, 6) is 0.306. The molecule has 0 saturated carbocycles. The number of hydrogen-bond donors (Lipinski definition) is 2. The second-order valence-corrected chi connectivity index (χ2v) is 4.55. The van der Waals surface area contributed by atoms with Crippen molar-refractivity contribution in [1.82, 2.24) is 10.2 Å². The van der Waals surface area contributed by atoms with E-state index in [0.717, 1.165) is 0 Å². The predicted octanol–water partition coefficient (Wildman–Crippen LogP) is 3.58. The fourth-order valence-corrected chi connectivity index (χ4v) is 1.95. The van der Waals surface area contributed by atoms with Crippen molar-refractivity contribution in [2.45, 2.75) is 0 Å². The molecule has 5 nitrogen and oxygen atoms in total. The van der Waals surface area contributed by atoms with Crippen molar-refractivity contribution in [2.24, 2.45) is 0 Å². The Morgan fingerprint density at radius 1 is 1.25 bits per heavy atom. The largest absolute Gasteiger partial charge is 0.463 e. The smallest absolute Gasteiger partial charge is 0.276 e. The van der Waals surface area contributed by atoms with E-state index in [2.05, 4.69) is 15.5 Å². The van der Waals surface area contributed by atoms with Crippen molar-refractivity contribution >= 4 is 23.2 Å². The highest BCUT2D eigenvalue weighted by molar-refractivity contribution is 6.30. The Balaban J connectivity index is 1.78. The number of carbonyl (C=O) groups excluding carboxylic acids is 1. The quantitative estimate of drug-likeness (QED) is 0.773. The number of hydrogen-bond acceptors (Lipinski definition) is 3. The first-order chi connectivity index (χ1) is 9.72. The van der Waals surface area contributed by atoms with Gasteiger partial charge < -0.3 is 9.73 Å². The summed E-state index contributed by atoms with van der Waals surface area (Å²) < 4.78 is 5.23. The van der Waals surface area contributed by atoms with Crippen LogP contribution in [-0.2, 0) is 0 Å². The highest BCUT2D eigenvalue weighted by Crippen LogP contribution is 2.19. The van der Waals surface area contributed by atoms with Gasteiger partial charge in [0.1, 0.15) is 5.69 Å². The number of aromatic nitrogens is 2. The number of carbonyl (C=O) groups is 1. The topological polar surface area (TPSA) is 70.9 Å². The van der Waals surface area contributed by atoms with Gasteiger partial charge in [-0.2, -0.15) is 5.10 Å². The van der Waals surface area contributed by atoms with Gasteiger partial charge in [0.2, 0.25) is 0 Å². The summed E-state index contributed by atoms with van der Waals surface area (Å²) in [4.78, 5) is 12.0. The molecule has 0 radical (unpaired) electrons. The molecular formula is C14H10ClN3O2. The molecule has 100 valence electrons. The number of benzene rings is 1. The maximum Gasteiger partial charge on any atom is 0.276 e. The van der Waals surface area contributed by atoms with Crippen molar-refractivity contribution < 1.29 is 9.21 Å². The molecule has 20 heavy (non-hydrogen) atoms. The van der Waals surface area contributed by atoms with E-state index in [-0.39, 0.29) is 11.6 Å². The SMILES string of the molecule is O=C(Nc1cccc(Cl)c1)c1cc(-c2ccco2)[nH]n1. The molecule has 2 heterocycles. The van der Waals surface area contributed by atoms with Crippen LogP contribution in [0.1, 0.15) is 10.5 Å². The number of nitrogens with one attached hydrogen (secondary N) is 2. The third-order valence-corrected chi connectivity index (χ3v) is 2.91. The minimum Gasteiger partial charge on any atom is -0.463 e. The van der Waals surface area contributed by atoms with Crippen LogP contribution < -0.4 is 5.32 Å². The zero-order chi connectivity index (χ0) is 13.9. The molecule has 0 aliphatic rings. The Morgan fingerprint density at radius 3 is 2.90 bits per heavy atom. The Hall–Kier alpha value is -2.53. The van der Waals surface area contributed by atoms with Crippen molar-refractivity contribution in [1.29, 1.82) is 0 Å². The molecule has 1 aromatic carbocycles. The molecule has 3 rings (SSSR count). The monoisotopic (exact) mass is 287 g/mol. The number of anilines is 1. The Morgan fingerprint density at radius 2 is 2.15 bits per heavy atom. The molecule has 0 atom stereocenters. The first kappa shape index (κ1) is 12.5. The first-order valence-electron chi connectivity index (χ1n) is 5.88. The molecule has 0 spiro atoms. The molecule has 2 N–H and O–H groups in total. The molecule has 0 aliphatic carbocycles. The lowest BCUT2D eigenvalue weighted by atomic mass is 10.2. The van der Waals surface area contributed by atoms with Gasteiger partial charge in [0.05, 0.1) is 6.26 Å². The van der Waals surface area contributed by atoms with Crippen LogP contribution in [0.4, 0.5) is 5.69 Å². The highest BCUT2D eigenvalue weighted by atomic mass is 35.5. The fraction of sp³-hybridized carbons (Fsp3) is 0. The van der Waals surface area contributed by atoms with Crippen LogP contribution in [0.25, 0.3) is 11.5 Å². The second kappa shape index (κ2) is 5.22. The van der Waals surface area contributed by atoms with E-state index in [0.29, 0.717) is 22.2 Å². The molecule has 6 heteroatoms. The van der Waals surface area contributed by atoms with Gasteiger partial charge in [0, 0.05) is 16.8 Å². The van der Waals surface area contributed by atoms with E-state index in [1.165, 1.54) is 0 Å². The van der Waals surface area contributed by atoms with E-state index < -0.39 is 0 Å². The van der Waals surface area contributed by atoms with Crippen molar-refractivity contribution in [3.8, 4) is 11.5 Å². The number of furan rings is 1. The minimum atomic E-state index is -0.318. The number of rotatable bonds is 3. The van der Waals surface area contributed by atoms with Crippen molar-refractivity contribution in [3.05, 3.63) is 59.4 Å². The summed E-state index contributed by atoms with van der Waals surface area (Å²) in [7, 11) is 0. The molecule has 1 amide bonds. The number of H-pyrrole nitrogens is 1. The average molecular weight is 288 g/mol. The molecule has 0 aliphatic heterocycles. The average Bonchev–Trinajstić information content (AvgIpc) is 3.10. The van der Waals surface area contributed by atoms with Crippen LogP contribution in [0.5, 0.6) is 0 Å². The van der Waals surface area contributed by atoms with Gasteiger partial charge in [-0.1, -0.05) is 17.7 Å². The van der Waals surface area contributed by atoms with Crippen molar-refractivity contribution in [3.63, 3.8) is 0 Å². The number of halogens is 1. The summed E-state index contributed by atoms with van der Waals surface area (Å²) in [5.41, 5.74) is 1.53. The van der Waals surface area contributed by atoms with Crippen molar-refractivity contribution in [2.75, 3.05) is 5.32 Å². The van der Waals surface area contributed by atoms with E-state index >= 15 is 0 Å². The third kappa shape index (κ3) is 2.57. The molecular weight excluding hydrogens is 278 g/mol. The maximum atomic E-state index is 12.0. The summed E-state index contributed by atoms with van der Waals surface area (Å²) in [6.45, 7) is 0. The van der Waals surface area contributed by atoms with E-state index in [1.807, 2.05) is 0 Å². The van der Waals surface area contributed by atoms with Crippen LogP contribution in [0, 0.1) is 0 Å². The van der Waals surface area contributed by atoms with E-state index in [4.69, 9.17) is 16.0 Å². The summed E-state index contributed by atoms with van der Waals surface area (Å²) >= 11 is 5.86. The lowest BCUT2D eigenvalue weighted by molar-refractivity contribution is 0.102. The van der Waals surface area contributed by atoms with Crippen LogP contribution in [-0.4, -0.2) is 16.1 Å².